The third-order valence-corrected chi connectivity index (χ3v) is 7.12. The molecule has 0 aliphatic carbocycles. The lowest BCUT2D eigenvalue weighted by molar-refractivity contribution is 0.102. The van der Waals surface area contributed by atoms with Crippen LogP contribution in [0.25, 0.3) is 23.1 Å². The van der Waals surface area contributed by atoms with Gasteiger partial charge in [-0.1, -0.05) is 55.4 Å². The van der Waals surface area contributed by atoms with Crippen molar-refractivity contribution in [3.05, 3.63) is 114 Å². The summed E-state index contributed by atoms with van der Waals surface area (Å²) < 4.78 is 0. The first-order chi connectivity index (χ1) is 18.2. The van der Waals surface area contributed by atoms with Crippen molar-refractivity contribution in [2.45, 2.75) is 36.0 Å². The Hall–Kier alpha value is -4.16. The number of hydrogen-bond acceptors (Lipinski definition) is 4. The number of H-pyrrole nitrogens is 1. The van der Waals surface area contributed by atoms with Gasteiger partial charge in [0.05, 0.1) is 22.5 Å². The molecule has 0 spiro atoms. The lowest BCUT2D eigenvalue weighted by atomic mass is 10.1. The van der Waals surface area contributed by atoms with Gasteiger partial charge in [-0.15, -0.1) is 0 Å². The number of pyridine rings is 1. The largest absolute Gasteiger partial charge is 0.322 e. The molecule has 1 amide bonds. The molecule has 0 aliphatic heterocycles. The lowest BCUT2D eigenvalue weighted by Gasteiger charge is -2.11. The second kappa shape index (κ2) is 11.7. The van der Waals surface area contributed by atoms with Gasteiger partial charge < -0.3 is 5.32 Å². The Bertz CT molecular complexity index is 1520. The molecule has 2 aromatic heterocycles. The Balaban J connectivity index is 1.30. The van der Waals surface area contributed by atoms with Crippen molar-refractivity contribution in [2.24, 2.45) is 0 Å². The summed E-state index contributed by atoms with van der Waals surface area (Å²) in [6.45, 7) is 2.19. The number of carbonyl (C=O) groups excluding carboxylic acids is 1. The number of aromatic amines is 1. The molecule has 0 aliphatic rings. The van der Waals surface area contributed by atoms with Crippen molar-refractivity contribution in [3.63, 3.8) is 0 Å². The number of hydrogen-bond donors (Lipinski definition) is 2. The molecule has 0 unspecified atom stereocenters. The number of aromatic nitrogens is 3. The molecule has 5 nitrogen and oxygen atoms in total. The highest BCUT2D eigenvalue weighted by Gasteiger charge is 2.13. The van der Waals surface area contributed by atoms with Crippen LogP contribution < -0.4 is 5.32 Å². The summed E-state index contributed by atoms with van der Waals surface area (Å²) in [7, 11) is 0. The topological polar surface area (TPSA) is 70.7 Å². The van der Waals surface area contributed by atoms with Crippen LogP contribution in [-0.2, 0) is 6.42 Å². The minimum absolute atomic E-state index is 0.117. The van der Waals surface area contributed by atoms with Gasteiger partial charge in [0, 0.05) is 27.1 Å². The molecule has 0 radical (unpaired) electrons. The summed E-state index contributed by atoms with van der Waals surface area (Å²) >= 11 is 1.56. The van der Waals surface area contributed by atoms with E-state index in [1.54, 1.807) is 18.0 Å². The summed E-state index contributed by atoms with van der Waals surface area (Å²) in [4.78, 5) is 19.4. The van der Waals surface area contributed by atoms with Crippen LogP contribution in [0.2, 0.25) is 0 Å². The number of fused-ring (bicyclic) bond motifs is 1. The van der Waals surface area contributed by atoms with Gasteiger partial charge in [-0.2, -0.15) is 5.10 Å². The maximum atomic E-state index is 13.1. The van der Waals surface area contributed by atoms with Crippen LogP contribution >= 0.6 is 11.8 Å². The second-order valence-corrected chi connectivity index (χ2v) is 9.87. The van der Waals surface area contributed by atoms with E-state index in [0.29, 0.717) is 5.56 Å². The number of aryl methyl sites for hydroxylation is 1. The van der Waals surface area contributed by atoms with Gasteiger partial charge in [-0.25, -0.2) is 0 Å². The molecule has 0 saturated carbocycles. The zero-order chi connectivity index (χ0) is 25.5. The third-order valence-electron chi connectivity index (χ3n) is 6.05. The van der Waals surface area contributed by atoms with E-state index in [-0.39, 0.29) is 5.91 Å². The van der Waals surface area contributed by atoms with Crippen molar-refractivity contribution in [1.29, 1.82) is 0 Å². The summed E-state index contributed by atoms with van der Waals surface area (Å²) in [5.41, 5.74) is 5.42. The predicted molar refractivity (Wildman–Crippen MR) is 153 cm³/mol. The number of unbranched alkanes of at least 4 members (excludes halogenated alkanes) is 1. The Kier molecular flexibility index (Phi) is 7.77. The molecular formula is C31H28N4OS. The Morgan fingerprint density at radius 1 is 0.973 bits per heavy atom. The molecule has 0 bridgehead atoms. The number of nitrogens with zero attached hydrogens (tertiary/aromatic N) is 2. The Labute approximate surface area is 221 Å². The standard InChI is InChI=1S/C31H28N4OS/c1-2-3-8-22-12-14-24(15-13-22)33-31(36)27-10-4-5-11-30(27)37-25-17-18-26-28(34-35-29(26)21-25)19-16-23-9-6-7-20-32-23/h4-7,9-21H,2-3,8H2,1H3,(H,33,36)(H,34,35)/b19-16+. The van der Waals surface area contributed by atoms with Crippen molar-refractivity contribution in [2.75, 3.05) is 5.32 Å². The van der Waals surface area contributed by atoms with Crippen LogP contribution in [-0.4, -0.2) is 21.1 Å². The molecule has 2 N–H and O–H groups in total. The molecule has 37 heavy (non-hydrogen) atoms. The normalized spacial score (nSPS) is 11.3. The molecule has 0 atom stereocenters. The number of carbonyl (C=O) groups is 1. The SMILES string of the molecule is CCCCc1ccc(NC(=O)c2ccccc2Sc2ccc3c(/C=C/c4ccccn4)n[nH]c3c2)cc1. The van der Waals surface area contributed by atoms with Crippen molar-refractivity contribution in [1.82, 2.24) is 15.2 Å². The summed E-state index contributed by atoms with van der Waals surface area (Å²) in [6.07, 6.45) is 9.09. The van der Waals surface area contributed by atoms with E-state index in [1.165, 1.54) is 18.4 Å². The lowest BCUT2D eigenvalue weighted by Crippen LogP contribution is -2.12. The quantitative estimate of drug-likeness (QED) is 0.214. The smallest absolute Gasteiger partial charge is 0.256 e. The van der Waals surface area contributed by atoms with Gasteiger partial charge in [0.15, 0.2) is 0 Å². The first-order valence-corrected chi connectivity index (χ1v) is 13.3. The zero-order valence-electron chi connectivity index (χ0n) is 20.6. The number of benzene rings is 3. The molecular weight excluding hydrogens is 476 g/mol. The fourth-order valence-electron chi connectivity index (χ4n) is 4.05. The molecule has 0 fully saturated rings. The first-order valence-electron chi connectivity index (χ1n) is 12.4. The second-order valence-electron chi connectivity index (χ2n) is 8.76. The number of amides is 1. The molecule has 5 rings (SSSR count). The predicted octanol–water partition coefficient (Wildman–Crippen LogP) is 7.87. The van der Waals surface area contributed by atoms with Gasteiger partial charge in [-0.05, 0) is 85.2 Å². The monoisotopic (exact) mass is 504 g/mol. The zero-order valence-corrected chi connectivity index (χ0v) is 21.5. The molecule has 3 aromatic carbocycles. The van der Waals surface area contributed by atoms with E-state index in [9.17, 15) is 4.79 Å². The molecule has 2 heterocycles. The van der Waals surface area contributed by atoms with Crippen LogP contribution in [0.15, 0.2) is 101 Å². The van der Waals surface area contributed by atoms with Crippen LogP contribution in [0.1, 0.15) is 47.1 Å². The van der Waals surface area contributed by atoms with E-state index in [4.69, 9.17) is 0 Å². The van der Waals surface area contributed by atoms with Gasteiger partial charge in [-0.3, -0.25) is 14.9 Å². The number of rotatable bonds is 9. The maximum absolute atomic E-state index is 13.1. The Morgan fingerprint density at radius 2 is 1.81 bits per heavy atom. The van der Waals surface area contributed by atoms with Gasteiger partial charge in [0.1, 0.15) is 0 Å². The molecule has 0 saturated heterocycles. The minimum atomic E-state index is -0.117. The summed E-state index contributed by atoms with van der Waals surface area (Å²) in [6, 6.07) is 27.8. The highest BCUT2D eigenvalue weighted by atomic mass is 32.2. The third kappa shape index (κ3) is 6.16. The highest BCUT2D eigenvalue weighted by molar-refractivity contribution is 7.99. The fourth-order valence-corrected chi connectivity index (χ4v) is 5.04. The van der Waals surface area contributed by atoms with Crippen molar-refractivity contribution in [3.8, 4) is 0 Å². The minimum Gasteiger partial charge on any atom is -0.322 e. The van der Waals surface area contributed by atoms with Crippen molar-refractivity contribution >= 4 is 46.4 Å². The summed E-state index contributed by atoms with van der Waals surface area (Å²) in [5.74, 6) is -0.117. The average molecular weight is 505 g/mol. The fraction of sp³-hybridized carbons (Fsp3) is 0.129. The van der Waals surface area contributed by atoms with Gasteiger partial charge in [0.25, 0.3) is 5.91 Å². The van der Waals surface area contributed by atoms with Crippen LogP contribution in [0.4, 0.5) is 5.69 Å². The molecule has 6 heteroatoms. The van der Waals surface area contributed by atoms with E-state index in [0.717, 1.165) is 44.2 Å². The van der Waals surface area contributed by atoms with Crippen LogP contribution in [0.5, 0.6) is 0 Å². The van der Waals surface area contributed by atoms with Crippen LogP contribution in [0, 0.1) is 0 Å². The highest BCUT2D eigenvalue weighted by Crippen LogP contribution is 2.33. The maximum Gasteiger partial charge on any atom is 0.256 e. The number of anilines is 1. The average Bonchev–Trinajstić information content (AvgIpc) is 3.34. The van der Waals surface area contributed by atoms with E-state index < -0.39 is 0 Å². The van der Waals surface area contributed by atoms with Gasteiger partial charge >= 0.3 is 0 Å². The van der Waals surface area contributed by atoms with Gasteiger partial charge in [0.2, 0.25) is 0 Å². The van der Waals surface area contributed by atoms with E-state index >= 15 is 0 Å². The summed E-state index contributed by atoms with van der Waals surface area (Å²) in [5, 5.41) is 11.7. The first kappa shape index (κ1) is 24.5. The molecule has 184 valence electrons. The number of nitrogens with one attached hydrogen (secondary N) is 2. The van der Waals surface area contributed by atoms with E-state index in [2.05, 4.69) is 57.8 Å². The van der Waals surface area contributed by atoms with E-state index in [1.807, 2.05) is 66.7 Å². The van der Waals surface area contributed by atoms with Crippen molar-refractivity contribution < 1.29 is 4.79 Å². The Morgan fingerprint density at radius 3 is 2.62 bits per heavy atom. The molecule has 5 aromatic rings. The van der Waals surface area contributed by atoms with Crippen LogP contribution in [0.3, 0.4) is 0 Å².